The lowest BCUT2D eigenvalue weighted by Crippen LogP contribution is -1.64. The van der Waals surface area contributed by atoms with Crippen LogP contribution in [0.1, 0.15) is 6.93 Å². The molecule has 1 heteroatoms. The average molecular weight is 185 g/mol. The Morgan fingerprint density at radius 2 is 2.00 bits per heavy atom. The van der Waals surface area contributed by atoms with Crippen LogP contribution in [0, 0.1) is 0 Å². The number of benzene rings is 1. The second kappa shape index (κ2) is 3.46. The monoisotopic (exact) mass is 184 g/mol. The van der Waals surface area contributed by atoms with E-state index in [9.17, 15) is 0 Å². The van der Waals surface area contributed by atoms with Crippen molar-refractivity contribution in [1.29, 1.82) is 0 Å². The fourth-order valence-corrected chi connectivity index (χ4v) is 0.862. The SMILES string of the molecule is [3H]/C(=C\Br)c1ccccc1. The topological polar surface area (TPSA) is 0 Å². The first kappa shape index (κ1) is 5.24. The summed E-state index contributed by atoms with van der Waals surface area (Å²) in [7, 11) is 0. The fourth-order valence-electron chi connectivity index (χ4n) is 0.597. The Labute approximate surface area is 64.7 Å². The molecule has 0 heterocycles. The molecule has 1 aromatic rings. The van der Waals surface area contributed by atoms with E-state index < -0.39 is 0 Å². The fraction of sp³-hybridized carbons (Fsp3) is 0. The highest BCUT2D eigenvalue weighted by molar-refractivity contribution is 9.11. The van der Waals surface area contributed by atoms with Crippen LogP contribution in [0.25, 0.3) is 6.05 Å². The first-order valence-electron chi connectivity index (χ1n) is 3.17. The molecule has 0 amide bonds. The minimum Gasteiger partial charge on any atom is -0.0622 e. The molecule has 0 aliphatic rings. The summed E-state index contributed by atoms with van der Waals surface area (Å²) in [6.07, 6.45) is 0. The molecule has 0 aliphatic heterocycles. The predicted octanol–water partition coefficient (Wildman–Crippen LogP) is 3.05. The Morgan fingerprint density at radius 1 is 1.33 bits per heavy atom. The lowest BCUT2D eigenvalue weighted by molar-refractivity contribution is 1.67. The van der Waals surface area contributed by atoms with Crippen molar-refractivity contribution in [3.05, 3.63) is 40.9 Å². The maximum absolute atomic E-state index is 7.38. The van der Waals surface area contributed by atoms with Crippen molar-refractivity contribution in [3.8, 4) is 0 Å². The molecule has 0 radical (unpaired) electrons. The first-order chi connectivity index (χ1) is 4.84. The smallest absolute Gasteiger partial charge is 0.0622 e. The van der Waals surface area contributed by atoms with Crippen molar-refractivity contribution < 1.29 is 1.37 Å². The number of hydrogen-bond donors (Lipinski definition) is 0. The second-order valence-electron chi connectivity index (χ2n) is 1.62. The standard InChI is InChI=1S/C8H7Br/c9-7-6-8-4-2-1-3-5-8/h1-7H/b7-6+/i6T. The van der Waals surface area contributed by atoms with Gasteiger partial charge in [-0.25, -0.2) is 0 Å². The van der Waals surface area contributed by atoms with Gasteiger partial charge in [0.25, 0.3) is 0 Å². The highest BCUT2D eigenvalue weighted by Gasteiger charge is 1.78. The van der Waals surface area contributed by atoms with Crippen LogP contribution in [0.2, 0.25) is 0 Å². The zero-order valence-corrected chi connectivity index (χ0v) is 6.43. The van der Waals surface area contributed by atoms with Crippen LogP contribution in [0.15, 0.2) is 35.3 Å². The van der Waals surface area contributed by atoms with Gasteiger partial charge in [0.05, 0.1) is 1.37 Å². The van der Waals surface area contributed by atoms with E-state index >= 15 is 0 Å². The lowest BCUT2D eigenvalue weighted by Gasteiger charge is -1.86. The summed E-state index contributed by atoms with van der Waals surface area (Å²) in [6.45, 7) is 0. The van der Waals surface area contributed by atoms with Gasteiger partial charge in [0, 0.05) is 0 Å². The molecule has 0 aromatic heterocycles. The highest BCUT2D eigenvalue weighted by Crippen LogP contribution is 2.01. The molecule has 0 fully saturated rings. The number of rotatable bonds is 1. The molecule has 0 unspecified atom stereocenters. The van der Waals surface area contributed by atoms with Crippen LogP contribution in [-0.4, -0.2) is 0 Å². The summed E-state index contributed by atoms with van der Waals surface area (Å²) in [5.74, 6) is 0. The molecule has 0 nitrogen and oxygen atoms in total. The molecule has 0 spiro atoms. The summed E-state index contributed by atoms with van der Waals surface area (Å²) in [5, 5.41) is 0. The van der Waals surface area contributed by atoms with E-state index in [1.54, 1.807) is 4.99 Å². The van der Waals surface area contributed by atoms with E-state index in [1.807, 2.05) is 30.3 Å². The van der Waals surface area contributed by atoms with Crippen molar-refractivity contribution in [2.24, 2.45) is 0 Å². The number of hydrogen-bond acceptors (Lipinski definition) is 0. The van der Waals surface area contributed by atoms with Gasteiger partial charge >= 0.3 is 0 Å². The van der Waals surface area contributed by atoms with Crippen LogP contribution < -0.4 is 0 Å². The van der Waals surface area contributed by atoms with E-state index in [1.165, 1.54) is 0 Å². The normalized spacial score (nSPS) is 13.0. The Morgan fingerprint density at radius 3 is 2.56 bits per heavy atom. The van der Waals surface area contributed by atoms with Gasteiger partial charge in [-0.05, 0) is 16.6 Å². The van der Waals surface area contributed by atoms with Gasteiger partial charge < -0.3 is 0 Å². The molecule has 1 aromatic carbocycles. The Bertz CT molecular complexity index is 228. The molecular weight excluding hydrogens is 176 g/mol. The largest absolute Gasteiger partial charge is 0.0635 e. The molecule has 1 rings (SSSR count). The van der Waals surface area contributed by atoms with Gasteiger partial charge in [-0.3, -0.25) is 0 Å². The molecule has 0 saturated heterocycles. The molecule has 9 heavy (non-hydrogen) atoms. The van der Waals surface area contributed by atoms with E-state index in [0.717, 1.165) is 5.56 Å². The maximum atomic E-state index is 7.38. The lowest BCUT2D eigenvalue weighted by atomic mass is 10.2. The quantitative estimate of drug-likeness (QED) is 0.630. The third-order valence-corrected chi connectivity index (χ3v) is 1.22. The summed E-state index contributed by atoms with van der Waals surface area (Å²) in [5.41, 5.74) is 0.930. The summed E-state index contributed by atoms with van der Waals surface area (Å²) < 4.78 is 7.38. The van der Waals surface area contributed by atoms with Crippen molar-refractivity contribution in [2.75, 3.05) is 0 Å². The van der Waals surface area contributed by atoms with Gasteiger partial charge in [-0.15, -0.1) is 0 Å². The van der Waals surface area contributed by atoms with Crippen LogP contribution in [0.5, 0.6) is 0 Å². The minimum atomic E-state index is 0.501. The average Bonchev–Trinajstić information content (AvgIpc) is 2.05. The van der Waals surface area contributed by atoms with Crippen molar-refractivity contribution in [2.45, 2.75) is 0 Å². The van der Waals surface area contributed by atoms with Gasteiger partial charge in [0.1, 0.15) is 0 Å². The molecule has 46 valence electrons. The molecule has 0 aliphatic carbocycles. The Kier molecular flexibility index (Phi) is 2.02. The minimum absolute atomic E-state index is 0.501. The Hall–Kier alpha value is -0.560. The van der Waals surface area contributed by atoms with Crippen molar-refractivity contribution >= 4 is 22.0 Å². The highest BCUT2D eigenvalue weighted by atomic mass is 79.9. The van der Waals surface area contributed by atoms with E-state index in [4.69, 9.17) is 1.37 Å². The van der Waals surface area contributed by atoms with Crippen molar-refractivity contribution in [3.63, 3.8) is 0 Å². The third kappa shape index (κ3) is 2.02. The predicted molar refractivity (Wildman–Crippen MR) is 44.4 cm³/mol. The van der Waals surface area contributed by atoms with E-state index in [2.05, 4.69) is 15.9 Å². The van der Waals surface area contributed by atoms with E-state index in [-0.39, 0.29) is 0 Å². The molecular formula is C8H7Br. The van der Waals surface area contributed by atoms with Crippen molar-refractivity contribution in [1.82, 2.24) is 0 Å². The summed E-state index contributed by atoms with van der Waals surface area (Å²) in [6, 6.07) is 10.1. The van der Waals surface area contributed by atoms with Gasteiger partial charge in [0.2, 0.25) is 0 Å². The number of halogens is 1. The second-order valence-corrected chi connectivity index (χ2v) is 2.08. The van der Waals surface area contributed by atoms with Crippen LogP contribution in [-0.2, 0) is 0 Å². The van der Waals surface area contributed by atoms with Crippen LogP contribution in [0.4, 0.5) is 0 Å². The summed E-state index contributed by atoms with van der Waals surface area (Å²) >= 11 is 3.10. The molecule has 0 N–H and O–H groups in total. The zero-order valence-electron chi connectivity index (χ0n) is 5.84. The maximum Gasteiger partial charge on any atom is 0.0635 e. The van der Waals surface area contributed by atoms with Gasteiger partial charge in [-0.2, -0.15) is 0 Å². The molecule has 0 saturated carbocycles. The summed E-state index contributed by atoms with van der Waals surface area (Å²) in [4.78, 5) is 1.60. The van der Waals surface area contributed by atoms with E-state index in [0.29, 0.717) is 6.05 Å². The van der Waals surface area contributed by atoms with Crippen LogP contribution in [0.3, 0.4) is 0 Å². The zero-order chi connectivity index (χ0) is 7.40. The molecule has 0 bridgehead atoms. The van der Waals surface area contributed by atoms with Gasteiger partial charge in [0.15, 0.2) is 0 Å². The van der Waals surface area contributed by atoms with Crippen LogP contribution >= 0.6 is 15.9 Å². The third-order valence-electron chi connectivity index (χ3n) is 0.995. The first-order valence-corrected chi connectivity index (χ1v) is 3.58. The Balaban J connectivity index is 2.96. The van der Waals surface area contributed by atoms with Gasteiger partial charge in [-0.1, -0.05) is 46.3 Å². The molecule has 0 atom stereocenters.